The molecule has 0 saturated carbocycles. The van der Waals surface area contributed by atoms with Crippen LogP contribution in [0.5, 0.6) is 0 Å². The Kier molecular flexibility index (Phi) is 7.41. The van der Waals surface area contributed by atoms with Crippen molar-refractivity contribution in [2.24, 2.45) is 0 Å². The van der Waals surface area contributed by atoms with E-state index >= 15 is 0 Å². The predicted octanol–water partition coefficient (Wildman–Crippen LogP) is 3.84. The van der Waals surface area contributed by atoms with Gasteiger partial charge >= 0.3 is 23.9 Å². The van der Waals surface area contributed by atoms with Crippen LogP contribution in [0.25, 0.3) is 11.1 Å². The summed E-state index contributed by atoms with van der Waals surface area (Å²) in [5.74, 6) is -4.50. The monoisotopic (exact) mass is 437 g/mol. The standard InChI is InChI=1S/C14H11NO4.C9H8O4/c1-8-10(13(16)17)2-3-11(12(8)14(18)19)9-4-6-15-7-5-9;1-5-6(8(10)11)3-2-4-7(5)9(12)13/h2-7H,1H3,(H,16,17)(H,18,19);2-4H,1H3,(H,10,11)(H,12,13). The Bertz CT molecular complexity index is 1170. The van der Waals surface area contributed by atoms with E-state index in [-0.39, 0.29) is 33.4 Å². The molecule has 9 heteroatoms. The number of rotatable bonds is 5. The molecule has 2 aromatic carbocycles. The molecule has 0 bridgehead atoms. The second-order valence-electron chi connectivity index (χ2n) is 6.60. The van der Waals surface area contributed by atoms with Gasteiger partial charge in [0.05, 0.1) is 22.3 Å². The van der Waals surface area contributed by atoms with E-state index in [2.05, 4.69) is 4.98 Å². The van der Waals surface area contributed by atoms with Crippen molar-refractivity contribution in [3.8, 4) is 11.1 Å². The summed E-state index contributed by atoms with van der Waals surface area (Å²) in [6.07, 6.45) is 3.11. The molecule has 9 nitrogen and oxygen atoms in total. The lowest BCUT2D eigenvalue weighted by atomic mass is 9.93. The van der Waals surface area contributed by atoms with Gasteiger partial charge in [0, 0.05) is 12.4 Å². The molecule has 0 radical (unpaired) electrons. The van der Waals surface area contributed by atoms with E-state index in [9.17, 15) is 24.3 Å². The summed E-state index contributed by atoms with van der Waals surface area (Å²) in [5.41, 5.74) is 1.75. The van der Waals surface area contributed by atoms with Gasteiger partial charge < -0.3 is 20.4 Å². The molecule has 0 spiro atoms. The first-order valence-corrected chi connectivity index (χ1v) is 9.13. The van der Waals surface area contributed by atoms with Gasteiger partial charge in [-0.05, 0) is 66.4 Å². The van der Waals surface area contributed by atoms with E-state index in [0.29, 0.717) is 11.1 Å². The number of hydrogen-bond acceptors (Lipinski definition) is 5. The highest BCUT2D eigenvalue weighted by molar-refractivity contribution is 6.02. The molecule has 4 N–H and O–H groups in total. The van der Waals surface area contributed by atoms with Crippen molar-refractivity contribution in [3.05, 3.63) is 88.2 Å². The average molecular weight is 437 g/mol. The Morgan fingerprint density at radius 1 is 0.625 bits per heavy atom. The molecule has 0 aliphatic carbocycles. The first-order chi connectivity index (χ1) is 15.1. The molecule has 0 aliphatic rings. The molecule has 3 aromatic rings. The fourth-order valence-corrected chi connectivity index (χ4v) is 3.09. The van der Waals surface area contributed by atoms with Gasteiger partial charge in [0.25, 0.3) is 0 Å². The molecule has 0 amide bonds. The topological polar surface area (TPSA) is 162 Å². The predicted molar refractivity (Wildman–Crippen MR) is 113 cm³/mol. The number of carboxylic acid groups (broad SMARTS) is 4. The Balaban J connectivity index is 0.000000244. The van der Waals surface area contributed by atoms with Crippen LogP contribution in [0.2, 0.25) is 0 Å². The molecule has 0 unspecified atom stereocenters. The van der Waals surface area contributed by atoms with Gasteiger partial charge in [-0.1, -0.05) is 12.1 Å². The quantitative estimate of drug-likeness (QED) is 0.464. The number of nitrogens with zero attached hydrogens (tertiary/aromatic N) is 1. The maximum Gasteiger partial charge on any atom is 0.336 e. The van der Waals surface area contributed by atoms with Gasteiger partial charge in [0.1, 0.15) is 0 Å². The zero-order chi connectivity index (χ0) is 24.0. The van der Waals surface area contributed by atoms with Gasteiger partial charge in [-0.15, -0.1) is 0 Å². The van der Waals surface area contributed by atoms with Crippen LogP contribution in [0, 0.1) is 13.8 Å². The van der Waals surface area contributed by atoms with E-state index in [1.165, 1.54) is 44.2 Å². The van der Waals surface area contributed by atoms with Crippen LogP contribution >= 0.6 is 0 Å². The van der Waals surface area contributed by atoms with Crippen LogP contribution in [0.15, 0.2) is 54.9 Å². The molecular weight excluding hydrogens is 418 g/mol. The van der Waals surface area contributed by atoms with Crippen molar-refractivity contribution in [3.63, 3.8) is 0 Å². The SMILES string of the molecule is Cc1c(C(=O)O)ccc(-c2ccncc2)c1C(=O)O.Cc1c(C(=O)O)cccc1C(=O)O. The van der Waals surface area contributed by atoms with E-state index < -0.39 is 23.9 Å². The molecule has 0 atom stereocenters. The lowest BCUT2D eigenvalue weighted by Crippen LogP contribution is -2.09. The minimum Gasteiger partial charge on any atom is -0.478 e. The van der Waals surface area contributed by atoms with Crippen molar-refractivity contribution in [2.75, 3.05) is 0 Å². The smallest absolute Gasteiger partial charge is 0.336 e. The maximum absolute atomic E-state index is 11.4. The van der Waals surface area contributed by atoms with E-state index in [0.717, 1.165) is 0 Å². The zero-order valence-corrected chi connectivity index (χ0v) is 17.1. The average Bonchev–Trinajstić information content (AvgIpc) is 2.73. The molecule has 164 valence electrons. The van der Waals surface area contributed by atoms with Crippen molar-refractivity contribution in [2.45, 2.75) is 13.8 Å². The normalized spacial score (nSPS) is 9.94. The lowest BCUT2D eigenvalue weighted by Gasteiger charge is -2.11. The van der Waals surface area contributed by atoms with Crippen molar-refractivity contribution in [1.82, 2.24) is 4.98 Å². The number of pyridine rings is 1. The molecule has 0 aliphatic heterocycles. The van der Waals surface area contributed by atoms with Gasteiger partial charge in [-0.2, -0.15) is 0 Å². The summed E-state index contributed by atoms with van der Waals surface area (Å²) in [5, 5.41) is 35.7. The number of benzene rings is 2. The molecule has 32 heavy (non-hydrogen) atoms. The summed E-state index contributed by atoms with van der Waals surface area (Å²) in [7, 11) is 0. The highest BCUT2D eigenvalue weighted by atomic mass is 16.4. The van der Waals surface area contributed by atoms with Crippen molar-refractivity contribution >= 4 is 23.9 Å². The Hall–Kier alpha value is -4.53. The fraction of sp³-hybridized carbons (Fsp3) is 0.0870. The summed E-state index contributed by atoms with van der Waals surface area (Å²) in [6, 6.07) is 10.5. The van der Waals surface area contributed by atoms with Gasteiger partial charge in [0.2, 0.25) is 0 Å². The highest BCUT2D eigenvalue weighted by Gasteiger charge is 2.20. The fourth-order valence-electron chi connectivity index (χ4n) is 3.09. The Morgan fingerprint density at radius 3 is 1.53 bits per heavy atom. The first kappa shape index (κ1) is 23.7. The van der Waals surface area contributed by atoms with E-state index in [1.54, 1.807) is 24.5 Å². The molecule has 0 fully saturated rings. The summed E-state index contributed by atoms with van der Waals surface area (Å²) < 4.78 is 0. The molecular formula is C23H19NO8. The van der Waals surface area contributed by atoms with Crippen molar-refractivity contribution in [1.29, 1.82) is 0 Å². The van der Waals surface area contributed by atoms with Gasteiger partial charge in [-0.25, -0.2) is 19.2 Å². The highest BCUT2D eigenvalue weighted by Crippen LogP contribution is 2.28. The van der Waals surface area contributed by atoms with Crippen LogP contribution in [0.3, 0.4) is 0 Å². The maximum atomic E-state index is 11.4. The molecule has 1 heterocycles. The van der Waals surface area contributed by atoms with Crippen molar-refractivity contribution < 1.29 is 39.6 Å². The Morgan fingerprint density at radius 2 is 1.09 bits per heavy atom. The molecule has 3 rings (SSSR count). The molecule has 1 aromatic heterocycles. The molecule has 0 saturated heterocycles. The third-order valence-corrected chi connectivity index (χ3v) is 4.70. The van der Waals surface area contributed by atoms with Gasteiger partial charge in [0.15, 0.2) is 0 Å². The minimum atomic E-state index is -1.15. The second-order valence-corrected chi connectivity index (χ2v) is 6.60. The number of aromatic nitrogens is 1. The number of carboxylic acids is 4. The largest absolute Gasteiger partial charge is 0.478 e. The number of aromatic carboxylic acids is 4. The zero-order valence-electron chi connectivity index (χ0n) is 17.1. The summed E-state index contributed by atoms with van der Waals surface area (Å²) in [4.78, 5) is 47.5. The van der Waals surface area contributed by atoms with Gasteiger partial charge in [-0.3, -0.25) is 4.98 Å². The van der Waals surface area contributed by atoms with Crippen LogP contribution in [0.4, 0.5) is 0 Å². The first-order valence-electron chi connectivity index (χ1n) is 9.13. The third-order valence-electron chi connectivity index (χ3n) is 4.70. The number of hydrogen-bond donors (Lipinski definition) is 4. The van der Waals surface area contributed by atoms with Crippen LogP contribution < -0.4 is 0 Å². The van der Waals surface area contributed by atoms with E-state index in [4.69, 9.17) is 15.3 Å². The Labute approximate surface area is 182 Å². The second kappa shape index (κ2) is 9.98. The summed E-state index contributed by atoms with van der Waals surface area (Å²) >= 11 is 0. The van der Waals surface area contributed by atoms with E-state index in [1.807, 2.05) is 0 Å². The lowest BCUT2D eigenvalue weighted by molar-refractivity contribution is 0.0674. The third kappa shape index (κ3) is 5.14. The van der Waals surface area contributed by atoms with Crippen LogP contribution in [-0.2, 0) is 0 Å². The summed E-state index contributed by atoms with van der Waals surface area (Å²) in [6.45, 7) is 2.98. The van der Waals surface area contributed by atoms with Crippen LogP contribution in [0.1, 0.15) is 52.6 Å². The number of carbonyl (C=O) groups is 4. The van der Waals surface area contributed by atoms with Crippen LogP contribution in [-0.4, -0.2) is 49.3 Å². The minimum absolute atomic E-state index is 0.00444.